The molecule has 0 fully saturated rings. The van der Waals surface area contributed by atoms with Gasteiger partial charge in [0.05, 0.1) is 18.8 Å². The van der Waals surface area contributed by atoms with Crippen LogP contribution in [0, 0.1) is 0 Å². The smallest absolute Gasteiger partial charge is 0.394 e. The standard InChI is InChI=1S/C14H29NO2.H2O4S/c1-2-3-4-5-6-7-8-9-10-11-14(17)13(15)12-16;1-5(2,3)4/h10-11,13-14,16-17H,2-9,12,15H2,1H3;(H2,1,2,3,4)/b11-10+;/t13-,14-;/m0./s1. The lowest BCUT2D eigenvalue weighted by atomic mass is 10.1. The molecule has 0 aromatic heterocycles. The van der Waals surface area contributed by atoms with Gasteiger partial charge in [-0.05, 0) is 12.8 Å². The van der Waals surface area contributed by atoms with E-state index in [0.717, 1.165) is 6.42 Å². The molecule has 0 aromatic rings. The van der Waals surface area contributed by atoms with Crippen LogP contribution in [0.3, 0.4) is 0 Å². The molecule has 0 bridgehead atoms. The Morgan fingerprint density at radius 1 is 1.05 bits per heavy atom. The Morgan fingerprint density at radius 2 is 1.50 bits per heavy atom. The number of nitrogens with two attached hydrogens (primary N) is 1. The molecule has 0 aliphatic carbocycles. The molecule has 0 aliphatic rings. The second-order valence-corrected chi connectivity index (χ2v) is 6.02. The Bertz CT molecular complexity index is 350. The van der Waals surface area contributed by atoms with Crippen molar-refractivity contribution < 1.29 is 27.7 Å². The van der Waals surface area contributed by atoms with Gasteiger partial charge in [0.1, 0.15) is 0 Å². The lowest BCUT2D eigenvalue weighted by Gasteiger charge is -2.11. The molecule has 0 aliphatic heterocycles. The van der Waals surface area contributed by atoms with Crippen LogP contribution >= 0.6 is 0 Å². The van der Waals surface area contributed by atoms with Crippen molar-refractivity contribution in [2.24, 2.45) is 5.73 Å². The van der Waals surface area contributed by atoms with Gasteiger partial charge in [0.25, 0.3) is 0 Å². The first-order valence-electron chi connectivity index (χ1n) is 7.63. The number of hydrogen-bond acceptors (Lipinski definition) is 5. The lowest BCUT2D eigenvalue weighted by Crippen LogP contribution is -2.36. The Kier molecular flexibility index (Phi) is 16.6. The summed E-state index contributed by atoms with van der Waals surface area (Å²) in [6.07, 6.45) is 13.0. The molecule has 22 heavy (non-hydrogen) atoms. The van der Waals surface area contributed by atoms with Crippen molar-refractivity contribution in [1.82, 2.24) is 0 Å². The molecule has 8 heteroatoms. The molecule has 7 nitrogen and oxygen atoms in total. The van der Waals surface area contributed by atoms with Gasteiger partial charge in [-0.1, -0.05) is 57.6 Å². The maximum Gasteiger partial charge on any atom is 0.394 e. The molecular formula is C14H31NO6S. The highest BCUT2D eigenvalue weighted by atomic mass is 32.3. The van der Waals surface area contributed by atoms with E-state index in [2.05, 4.69) is 6.92 Å². The van der Waals surface area contributed by atoms with Gasteiger partial charge in [-0.3, -0.25) is 9.11 Å². The lowest BCUT2D eigenvalue weighted by molar-refractivity contribution is 0.144. The van der Waals surface area contributed by atoms with Crippen LogP contribution < -0.4 is 5.73 Å². The van der Waals surface area contributed by atoms with Crippen molar-refractivity contribution in [3.8, 4) is 0 Å². The first kappa shape index (κ1) is 23.8. The first-order chi connectivity index (χ1) is 10.2. The summed E-state index contributed by atoms with van der Waals surface area (Å²) >= 11 is 0. The molecule has 0 amide bonds. The number of rotatable bonds is 11. The summed E-state index contributed by atoms with van der Waals surface area (Å²) in [7, 11) is -4.67. The number of aliphatic hydroxyl groups is 2. The fourth-order valence-electron chi connectivity index (χ4n) is 1.71. The summed E-state index contributed by atoms with van der Waals surface area (Å²) in [6.45, 7) is 2.05. The summed E-state index contributed by atoms with van der Waals surface area (Å²) in [4.78, 5) is 0. The number of hydrogen-bond donors (Lipinski definition) is 5. The van der Waals surface area contributed by atoms with E-state index in [1.54, 1.807) is 6.08 Å². The largest absolute Gasteiger partial charge is 0.395 e. The van der Waals surface area contributed by atoms with E-state index in [0.29, 0.717) is 0 Å². The van der Waals surface area contributed by atoms with Crippen LogP contribution in [-0.2, 0) is 10.4 Å². The molecule has 134 valence electrons. The summed E-state index contributed by atoms with van der Waals surface area (Å²) < 4.78 is 31.6. The molecule has 0 aromatic carbocycles. The van der Waals surface area contributed by atoms with Gasteiger partial charge in [-0.25, -0.2) is 0 Å². The predicted octanol–water partition coefficient (Wildman–Crippen LogP) is 1.71. The molecule has 6 N–H and O–H groups in total. The van der Waals surface area contributed by atoms with E-state index >= 15 is 0 Å². The van der Waals surface area contributed by atoms with E-state index in [1.807, 2.05) is 6.08 Å². The van der Waals surface area contributed by atoms with Gasteiger partial charge in [-0.15, -0.1) is 0 Å². The summed E-state index contributed by atoms with van der Waals surface area (Å²) in [5, 5.41) is 18.2. The summed E-state index contributed by atoms with van der Waals surface area (Å²) in [5.74, 6) is 0. The molecule has 0 saturated heterocycles. The third kappa shape index (κ3) is 24.5. The second-order valence-electron chi connectivity index (χ2n) is 5.12. The van der Waals surface area contributed by atoms with E-state index in [-0.39, 0.29) is 6.61 Å². The number of allylic oxidation sites excluding steroid dienone is 1. The van der Waals surface area contributed by atoms with E-state index in [9.17, 15) is 5.11 Å². The molecular weight excluding hydrogens is 310 g/mol. The van der Waals surface area contributed by atoms with Crippen molar-refractivity contribution in [3.63, 3.8) is 0 Å². The SMILES string of the molecule is CCCCCCCCC/C=C/[C@H](O)[C@@H](N)CO.O=S(=O)(O)O. The van der Waals surface area contributed by atoms with Crippen LogP contribution in [0.2, 0.25) is 0 Å². The van der Waals surface area contributed by atoms with Crippen molar-refractivity contribution in [3.05, 3.63) is 12.2 Å². The highest BCUT2D eigenvalue weighted by Crippen LogP contribution is 2.08. The zero-order valence-corrected chi connectivity index (χ0v) is 14.1. The second kappa shape index (κ2) is 15.4. The monoisotopic (exact) mass is 341 g/mol. The fourth-order valence-corrected chi connectivity index (χ4v) is 1.71. The third-order valence-electron chi connectivity index (χ3n) is 2.96. The van der Waals surface area contributed by atoms with E-state index in [1.165, 1.54) is 44.9 Å². The van der Waals surface area contributed by atoms with Crippen molar-refractivity contribution in [2.45, 2.75) is 70.4 Å². The predicted molar refractivity (Wildman–Crippen MR) is 87.0 cm³/mol. The molecule has 0 heterocycles. The Morgan fingerprint density at radius 3 is 1.95 bits per heavy atom. The van der Waals surface area contributed by atoms with Crippen LogP contribution in [0.15, 0.2) is 12.2 Å². The Balaban J connectivity index is 0. The highest BCUT2D eigenvalue weighted by Gasteiger charge is 2.08. The summed E-state index contributed by atoms with van der Waals surface area (Å²) in [6, 6.07) is -0.555. The molecule has 0 saturated carbocycles. The van der Waals surface area contributed by atoms with Gasteiger partial charge in [0, 0.05) is 0 Å². The zero-order valence-electron chi connectivity index (χ0n) is 13.3. The minimum absolute atomic E-state index is 0.178. The van der Waals surface area contributed by atoms with Crippen LogP contribution in [0.25, 0.3) is 0 Å². The van der Waals surface area contributed by atoms with Crippen LogP contribution in [-0.4, -0.2) is 46.5 Å². The van der Waals surface area contributed by atoms with Crippen LogP contribution in [0.4, 0.5) is 0 Å². The normalized spacial score (nSPS) is 14.5. The Hall–Kier alpha value is -0.510. The van der Waals surface area contributed by atoms with Crippen molar-refractivity contribution in [2.75, 3.05) is 6.61 Å². The fraction of sp³-hybridized carbons (Fsp3) is 0.857. The van der Waals surface area contributed by atoms with Gasteiger partial charge >= 0.3 is 10.4 Å². The average Bonchev–Trinajstić information content (AvgIpc) is 2.42. The topological polar surface area (TPSA) is 141 Å². The van der Waals surface area contributed by atoms with Gasteiger partial charge in [-0.2, -0.15) is 8.42 Å². The Labute approximate surface area is 133 Å². The highest BCUT2D eigenvalue weighted by molar-refractivity contribution is 7.79. The maximum absolute atomic E-state index is 9.45. The quantitative estimate of drug-likeness (QED) is 0.219. The van der Waals surface area contributed by atoms with Gasteiger partial charge < -0.3 is 15.9 Å². The number of unbranched alkanes of at least 4 members (excludes halogenated alkanes) is 7. The zero-order chi connectivity index (χ0) is 17.4. The molecule has 0 unspecified atom stereocenters. The molecule has 0 radical (unpaired) electrons. The maximum atomic E-state index is 9.45. The number of aliphatic hydroxyl groups excluding tert-OH is 2. The van der Waals surface area contributed by atoms with E-state index < -0.39 is 22.5 Å². The molecule has 0 rings (SSSR count). The molecule has 0 spiro atoms. The molecule has 2 atom stereocenters. The summed E-state index contributed by atoms with van der Waals surface area (Å²) in [5.41, 5.74) is 5.47. The minimum atomic E-state index is -4.67. The van der Waals surface area contributed by atoms with Crippen LogP contribution in [0.1, 0.15) is 58.3 Å². The van der Waals surface area contributed by atoms with E-state index in [4.69, 9.17) is 28.4 Å². The van der Waals surface area contributed by atoms with Crippen molar-refractivity contribution >= 4 is 10.4 Å². The first-order valence-corrected chi connectivity index (χ1v) is 9.03. The minimum Gasteiger partial charge on any atom is -0.395 e. The van der Waals surface area contributed by atoms with Crippen molar-refractivity contribution in [1.29, 1.82) is 0 Å². The van der Waals surface area contributed by atoms with Gasteiger partial charge in [0.2, 0.25) is 0 Å². The van der Waals surface area contributed by atoms with Gasteiger partial charge in [0.15, 0.2) is 0 Å². The average molecular weight is 341 g/mol. The van der Waals surface area contributed by atoms with Crippen LogP contribution in [0.5, 0.6) is 0 Å². The third-order valence-corrected chi connectivity index (χ3v) is 2.96.